The molecule has 1 atom stereocenters. The Kier molecular flexibility index (Phi) is 1.72. The number of esters is 1. The SMILES string of the molecule is CC1=C2C=CC(N)=CC2OC(=O)C1. The van der Waals surface area contributed by atoms with Crippen molar-refractivity contribution in [3.05, 3.63) is 35.1 Å². The third kappa shape index (κ3) is 1.37. The van der Waals surface area contributed by atoms with Crippen LogP contribution in [0.4, 0.5) is 0 Å². The van der Waals surface area contributed by atoms with E-state index in [1.54, 1.807) is 6.08 Å². The van der Waals surface area contributed by atoms with Gasteiger partial charge in [-0.3, -0.25) is 4.79 Å². The molecule has 0 saturated heterocycles. The Bertz CT molecular complexity index is 350. The van der Waals surface area contributed by atoms with E-state index >= 15 is 0 Å². The monoisotopic (exact) mass is 177 g/mol. The number of fused-ring (bicyclic) bond motifs is 1. The van der Waals surface area contributed by atoms with Crippen molar-refractivity contribution in [1.29, 1.82) is 0 Å². The zero-order valence-electron chi connectivity index (χ0n) is 7.41. The number of hydrogen-bond acceptors (Lipinski definition) is 3. The first-order chi connectivity index (χ1) is 6.16. The molecule has 0 aromatic heterocycles. The van der Waals surface area contributed by atoms with E-state index in [1.807, 2.05) is 19.1 Å². The molecule has 0 fully saturated rings. The van der Waals surface area contributed by atoms with Gasteiger partial charge in [0.15, 0.2) is 0 Å². The van der Waals surface area contributed by atoms with Gasteiger partial charge in [0.05, 0.1) is 6.42 Å². The second kappa shape index (κ2) is 2.76. The van der Waals surface area contributed by atoms with E-state index in [0.717, 1.165) is 11.1 Å². The highest BCUT2D eigenvalue weighted by molar-refractivity contribution is 5.76. The number of ether oxygens (including phenoxy) is 1. The van der Waals surface area contributed by atoms with Crippen molar-refractivity contribution in [3.8, 4) is 0 Å². The smallest absolute Gasteiger partial charge is 0.310 e. The van der Waals surface area contributed by atoms with Crippen LogP contribution in [-0.2, 0) is 9.53 Å². The van der Waals surface area contributed by atoms with E-state index in [9.17, 15) is 4.79 Å². The van der Waals surface area contributed by atoms with Crippen LogP contribution in [0.15, 0.2) is 35.1 Å². The lowest BCUT2D eigenvalue weighted by molar-refractivity contribution is -0.145. The lowest BCUT2D eigenvalue weighted by atomic mass is 9.94. The third-order valence-electron chi connectivity index (χ3n) is 2.27. The Balaban J connectivity index is 2.40. The summed E-state index contributed by atoms with van der Waals surface area (Å²) < 4.78 is 5.13. The fourth-order valence-electron chi connectivity index (χ4n) is 1.59. The van der Waals surface area contributed by atoms with Crippen LogP contribution in [-0.4, -0.2) is 12.1 Å². The maximum atomic E-state index is 11.1. The molecule has 2 rings (SSSR count). The summed E-state index contributed by atoms with van der Waals surface area (Å²) in [5.41, 5.74) is 8.38. The molecular formula is C10H11NO2. The van der Waals surface area contributed by atoms with Crippen molar-refractivity contribution in [2.45, 2.75) is 19.4 Å². The largest absolute Gasteiger partial charge is 0.453 e. The fourth-order valence-corrected chi connectivity index (χ4v) is 1.59. The van der Waals surface area contributed by atoms with Gasteiger partial charge < -0.3 is 10.5 Å². The van der Waals surface area contributed by atoms with Crippen LogP contribution >= 0.6 is 0 Å². The van der Waals surface area contributed by atoms with Crippen molar-refractivity contribution in [3.63, 3.8) is 0 Å². The fraction of sp³-hybridized carbons (Fsp3) is 0.300. The minimum Gasteiger partial charge on any atom is -0.453 e. The minimum atomic E-state index is -0.258. The summed E-state index contributed by atoms with van der Waals surface area (Å²) in [5.74, 6) is -0.175. The van der Waals surface area contributed by atoms with Gasteiger partial charge in [-0.1, -0.05) is 11.6 Å². The topological polar surface area (TPSA) is 52.3 Å². The predicted octanol–water partition coefficient (Wildman–Crippen LogP) is 1.03. The molecule has 0 aromatic carbocycles. The molecule has 68 valence electrons. The van der Waals surface area contributed by atoms with Gasteiger partial charge in [0.2, 0.25) is 0 Å². The van der Waals surface area contributed by atoms with Crippen LogP contribution in [0.3, 0.4) is 0 Å². The van der Waals surface area contributed by atoms with Gasteiger partial charge in [0.25, 0.3) is 0 Å². The lowest BCUT2D eigenvalue weighted by Gasteiger charge is -2.25. The number of carbonyl (C=O) groups excluding carboxylic acids is 1. The summed E-state index contributed by atoms with van der Waals surface area (Å²) in [4.78, 5) is 11.1. The molecule has 0 spiro atoms. The van der Waals surface area contributed by atoms with Gasteiger partial charge in [-0.25, -0.2) is 0 Å². The number of hydrogen-bond donors (Lipinski definition) is 1. The Labute approximate surface area is 76.6 Å². The highest BCUT2D eigenvalue weighted by Crippen LogP contribution is 2.27. The molecule has 1 aliphatic carbocycles. The molecule has 3 heteroatoms. The molecule has 0 saturated carbocycles. The number of rotatable bonds is 0. The highest BCUT2D eigenvalue weighted by Gasteiger charge is 2.25. The summed E-state index contributed by atoms with van der Waals surface area (Å²) in [6.07, 6.45) is 5.64. The standard InChI is InChI=1S/C10H11NO2/c1-6-4-10(12)13-9-5-7(11)2-3-8(6)9/h2-3,5,9H,4,11H2,1H3. The van der Waals surface area contributed by atoms with Gasteiger partial charge >= 0.3 is 5.97 Å². The molecule has 0 amide bonds. The second-order valence-corrected chi connectivity index (χ2v) is 3.32. The molecular weight excluding hydrogens is 166 g/mol. The summed E-state index contributed by atoms with van der Waals surface area (Å²) in [5, 5.41) is 0. The normalized spacial score (nSPS) is 26.7. The first-order valence-electron chi connectivity index (χ1n) is 4.21. The van der Waals surface area contributed by atoms with Crippen molar-refractivity contribution in [2.24, 2.45) is 5.73 Å². The van der Waals surface area contributed by atoms with Crippen LogP contribution < -0.4 is 5.73 Å². The number of carbonyl (C=O) groups is 1. The third-order valence-corrected chi connectivity index (χ3v) is 2.27. The average molecular weight is 177 g/mol. The van der Waals surface area contributed by atoms with Crippen LogP contribution in [0.25, 0.3) is 0 Å². The van der Waals surface area contributed by atoms with E-state index in [0.29, 0.717) is 12.1 Å². The molecule has 0 bridgehead atoms. The van der Waals surface area contributed by atoms with E-state index in [1.165, 1.54) is 0 Å². The molecule has 1 heterocycles. The maximum absolute atomic E-state index is 11.1. The number of allylic oxidation sites excluding steroid dienone is 1. The summed E-state index contributed by atoms with van der Waals surface area (Å²) in [6, 6.07) is 0. The molecule has 1 unspecified atom stereocenters. The first kappa shape index (κ1) is 8.10. The highest BCUT2D eigenvalue weighted by atomic mass is 16.5. The molecule has 2 N–H and O–H groups in total. The molecule has 13 heavy (non-hydrogen) atoms. The lowest BCUT2D eigenvalue weighted by Crippen LogP contribution is -2.26. The van der Waals surface area contributed by atoms with Gasteiger partial charge in [-0.15, -0.1) is 0 Å². The molecule has 0 aromatic rings. The van der Waals surface area contributed by atoms with Crippen molar-refractivity contribution in [1.82, 2.24) is 0 Å². The van der Waals surface area contributed by atoms with Crippen molar-refractivity contribution >= 4 is 5.97 Å². The zero-order chi connectivity index (χ0) is 9.42. The Morgan fingerprint density at radius 1 is 1.54 bits per heavy atom. The van der Waals surface area contributed by atoms with Gasteiger partial charge in [-0.2, -0.15) is 0 Å². The molecule has 0 radical (unpaired) electrons. The average Bonchev–Trinajstić information content (AvgIpc) is 2.02. The Morgan fingerprint density at radius 2 is 2.31 bits per heavy atom. The van der Waals surface area contributed by atoms with Gasteiger partial charge in [0, 0.05) is 5.70 Å². The zero-order valence-corrected chi connectivity index (χ0v) is 7.41. The molecule has 3 nitrogen and oxygen atoms in total. The van der Waals surface area contributed by atoms with E-state index in [4.69, 9.17) is 10.5 Å². The summed E-state index contributed by atoms with van der Waals surface area (Å²) in [6.45, 7) is 1.95. The Hall–Kier alpha value is -1.51. The van der Waals surface area contributed by atoms with Gasteiger partial charge in [-0.05, 0) is 24.6 Å². The minimum absolute atomic E-state index is 0.175. The van der Waals surface area contributed by atoms with E-state index in [-0.39, 0.29) is 12.1 Å². The van der Waals surface area contributed by atoms with E-state index in [2.05, 4.69) is 0 Å². The summed E-state index contributed by atoms with van der Waals surface area (Å²) in [7, 11) is 0. The van der Waals surface area contributed by atoms with Crippen LogP contribution in [0.2, 0.25) is 0 Å². The van der Waals surface area contributed by atoms with Crippen LogP contribution in [0.1, 0.15) is 13.3 Å². The maximum Gasteiger partial charge on any atom is 0.310 e. The quantitative estimate of drug-likeness (QED) is 0.562. The predicted molar refractivity (Wildman–Crippen MR) is 48.6 cm³/mol. The van der Waals surface area contributed by atoms with E-state index < -0.39 is 0 Å². The first-order valence-corrected chi connectivity index (χ1v) is 4.21. The second-order valence-electron chi connectivity index (χ2n) is 3.32. The Morgan fingerprint density at radius 3 is 3.08 bits per heavy atom. The molecule has 1 aliphatic heterocycles. The van der Waals surface area contributed by atoms with Crippen molar-refractivity contribution < 1.29 is 9.53 Å². The van der Waals surface area contributed by atoms with Crippen molar-refractivity contribution in [2.75, 3.05) is 0 Å². The number of nitrogens with two attached hydrogens (primary N) is 1. The van der Waals surface area contributed by atoms with Gasteiger partial charge in [0.1, 0.15) is 6.10 Å². The van der Waals surface area contributed by atoms with Crippen LogP contribution in [0.5, 0.6) is 0 Å². The summed E-state index contributed by atoms with van der Waals surface area (Å²) >= 11 is 0. The molecule has 2 aliphatic rings. The van der Waals surface area contributed by atoms with Crippen LogP contribution in [0, 0.1) is 0 Å².